The zero-order valence-electron chi connectivity index (χ0n) is 16.6. The van der Waals surface area contributed by atoms with E-state index in [9.17, 15) is 9.18 Å². The average Bonchev–Trinajstić information content (AvgIpc) is 3.46. The molecule has 7 heteroatoms. The zero-order valence-corrected chi connectivity index (χ0v) is 17.4. The molecule has 0 spiro atoms. The Morgan fingerprint density at radius 2 is 2.07 bits per heavy atom. The Morgan fingerprint density at radius 1 is 1.28 bits per heavy atom. The van der Waals surface area contributed by atoms with Gasteiger partial charge in [0.1, 0.15) is 5.82 Å². The minimum absolute atomic E-state index is 0.0526. The largest absolute Gasteiger partial charge is 0.357 e. The predicted octanol–water partition coefficient (Wildman–Crippen LogP) is 3.49. The maximum atomic E-state index is 14.1. The summed E-state index contributed by atoms with van der Waals surface area (Å²) in [5.41, 5.74) is 2.27. The van der Waals surface area contributed by atoms with Crippen LogP contribution in [0.2, 0.25) is 5.02 Å². The summed E-state index contributed by atoms with van der Waals surface area (Å²) < 4.78 is 14.1. The van der Waals surface area contributed by atoms with Crippen molar-refractivity contribution >= 4 is 23.5 Å². The Morgan fingerprint density at radius 3 is 2.79 bits per heavy atom. The van der Waals surface area contributed by atoms with Gasteiger partial charge >= 0.3 is 0 Å². The molecule has 0 heterocycles. The van der Waals surface area contributed by atoms with Gasteiger partial charge in [-0.15, -0.1) is 0 Å². The van der Waals surface area contributed by atoms with E-state index in [0.717, 1.165) is 18.5 Å². The molecule has 0 aromatic heterocycles. The molecule has 3 rings (SSSR count). The van der Waals surface area contributed by atoms with Crippen LogP contribution in [0.5, 0.6) is 0 Å². The summed E-state index contributed by atoms with van der Waals surface area (Å²) >= 11 is 6.18. The van der Waals surface area contributed by atoms with Crippen LogP contribution in [0.3, 0.4) is 0 Å². The fraction of sp³-hybridized carbons (Fsp3) is 0.364. The Hall–Kier alpha value is -2.60. The van der Waals surface area contributed by atoms with Crippen molar-refractivity contribution in [2.45, 2.75) is 31.7 Å². The van der Waals surface area contributed by atoms with Gasteiger partial charge in [0.05, 0.1) is 0 Å². The van der Waals surface area contributed by atoms with Crippen LogP contribution in [-0.4, -0.2) is 38.0 Å². The van der Waals surface area contributed by atoms with Crippen LogP contribution in [0.4, 0.5) is 4.39 Å². The lowest BCUT2D eigenvalue weighted by Crippen LogP contribution is -2.39. The monoisotopic (exact) mass is 416 g/mol. The third-order valence-electron chi connectivity index (χ3n) is 4.91. The Bertz CT molecular complexity index is 882. The zero-order chi connectivity index (χ0) is 20.8. The topological polar surface area (TPSA) is 65.5 Å². The number of aliphatic imine (C=N–C) groups is 1. The Balaban J connectivity index is 1.59. The summed E-state index contributed by atoms with van der Waals surface area (Å²) in [4.78, 5) is 16.4. The van der Waals surface area contributed by atoms with E-state index in [1.165, 1.54) is 6.07 Å². The van der Waals surface area contributed by atoms with E-state index in [0.29, 0.717) is 35.1 Å². The van der Waals surface area contributed by atoms with Crippen molar-refractivity contribution in [3.63, 3.8) is 0 Å². The second kappa shape index (κ2) is 9.74. The first-order valence-corrected chi connectivity index (χ1v) is 10.2. The molecule has 1 amide bonds. The minimum Gasteiger partial charge on any atom is -0.357 e. The highest BCUT2D eigenvalue weighted by Gasteiger charge is 2.41. The smallest absolute Gasteiger partial charge is 0.251 e. The molecule has 1 aliphatic carbocycles. The molecule has 1 saturated carbocycles. The molecule has 0 radical (unpaired) electrons. The van der Waals surface area contributed by atoms with Gasteiger partial charge in [-0.2, -0.15) is 0 Å². The highest BCUT2D eigenvalue weighted by Crippen LogP contribution is 2.44. The molecule has 2 unspecified atom stereocenters. The van der Waals surface area contributed by atoms with E-state index in [2.05, 4.69) is 20.9 Å². The number of carbonyl (C=O) groups is 1. The number of nitrogens with zero attached hydrogens (tertiary/aromatic N) is 1. The third kappa shape index (κ3) is 5.48. The first-order valence-electron chi connectivity index (χ1n) is 9.83. The number of nitrogens with one attached hydrogen (secondary N) is 3. The van der Waals surface area contributed by atoms with Crippen LogP contribution in [0.1, 0.15) is 40.7 Å². The number of hydrogen-bond acceptors (Lipinski definition) is 2. The maximum Gasteiger partial charge on any atom is 0.251 e. The van der Waals surface area contributed by atoms with Crippen molar-refractivity contribution in [1.82, 2.24) is 16.0 Å². The molecule has 2 aromatic rings. The van der Waals surface area contributed by atoms with E-state index in [1.807, 2.05) is 25.1 Å². The van der Waals surface area contributed by atoms with Gasteiger partial charge in [-0.25, -0.2) is 4.39 Å². The molecular weight excluding hydrogens is 391 g/mol. The second-order valence-corrected chi connectivity index (χ2v) is 7.43. The molecule has 154 valence electrons. The predicted molar refractivity (Wildman–Crippen MR) is 115 cm³/mol. The lowest BCUT2D eigenvalue weighted by atomic mass is 10.1. The Kier molecular flexibility index (Phi) is 7.09. The summed E-state index contributed by atoms with van der Waals surface area (Å²) in [6.45, 7) is 3.31. The van der Waals surface area contributed by atoms with Gasteiger partial charge < -0.3 is 16.0 Å². The number of halogens is 2. The first-order chi connectivity index (χ1) is 14.0. The quantitative estimate of drug-likeness (QED) is 0.478. The van der Waals surface area contributed by atoms with Gasteiger partial charge in [-0.05, 0) is 49.6 Å². The second-order valence-electron chi connectivity index (χ2n) is 7.02. The van der Waals surface area contributed by atoms with Crippen molar-refractivity contribution in [1.29, 1.82) is 0 Å². The lowest BCUT2D eigenvalue weighted by molar-refractivity contribution is 0.0963. The average molecular weight is 417 g/mol. The SMILES string of the molecule is CCNC(=NCCc1cccc(C(=O)NC)c1)NC1CC1c1c(F)cccc1Cl. The molecule has 5 nitrogen and oxygen atoms in total. The number of guanidine groups is 1. The highest BCUT2D eigenvalue weighted by atomic mass is 35.5. The minimum atomic E-state index is -0.260. The summed E-state index contributed by atoms with van der Waals surface area (Å²) in [7, 11) is 1.62. The highest BCUT2D eigenvalue weighted by molar-refractivity contribution is 6.31. The van der Waals surface area contributed by atoms with Crippen LogP contribution in [-0.2, 0) is 6.42 Å². The van der Waals surface area contributed by atoms with Crippen LogP contribution >= 0.6 is 11.6 Å². The van der Waals surface area contributed by atoms with Crippen LogP contribution in [0, 0.1) is 5.82 Å². The summed E-state index contributed by atoms with van der Waals surface area (Å²) in [6.07, 6.45) is 1.54. The van der Waals surface area contributed by atoms with Crippen molar-refractivity contribution < 1.29 is 9.18 Å². The van der Waals surface area contributed by atoms with Crippen molar-refractivity contribution in [2.24, 2.45) is 4.99 Å². The van der Waals surface area contributed by atoms with Gasteiger partial charge in [-0.3, -0.25) is 9.79 Å². The van der Waals surface area contributed by atoms with Gasteiger partial charge in [-0.1, -0.05) is 29.8 Å². The number of carbonyl (C=O) groups excluding carboxylic acids is 1. The summed E-state index contributed by atoms with van der Waals surface area (Å²) in [6, 6.07) is 12.4. The van der Waals surface area contributed by atoms with Crippen molar-refractivity contribution in [3.05, 3.63) is 70.0 Å². The number of amides is 1. The molecular formula is C22H26ClFN4O. The standard InChI is InChI=1S/C22H26ClFN4O/c1-3-26-22(27-11-10-14-6-4-7-15(12-14)21(29)25-2)28-19-13-16(19)20-17(23)8-5-9-18(20)24/h4-9,12,16,19H,3,10-11,13H2,1-2H3,(H,25,29)(H2,26,27,28). The van der Waals surface area contributed by atoms with E-state index < -0.39 is 0 Å². The van der Waals surface area contributed by atoms with Crippen LogP contribution in [0.15, 0.2) is 47.5 Å². The number of rotatable bonds is 7. The first kappa shape index (κ1) is 21.1. The van der Waals surface area contributed by atoms with Gasteiger partial charge in [0.15, 0.2) is 5.96 Å². The fourth-order valence-electron chi connectivity index (χ4n) is 3.34. The third-order valence-corrected chi connectivity index (χ3v) is 5.24. The number of hydrogen-bond donors (Lipinski definition) is 3. The fourth-order valence-corrected chi connectivity index (χ4v) is 3.65. The lowest BCUT2D eigenvalue weighted by Gasteiger charge is -2.12. The van der Waals surface area contributed by atoms with Crippen LogP contribution in [0.25, 0.3) is 0 Å². The Labute approximate surface area is 175 Å². The summed E-state index contributed by atoms with van der Waals surface area (Å²) in [5.74, 6) is 0.397. The maximum absolute atomic E-state index is 14.1. The number of benzene rings is 2. The molecule has 1 fully saturated rings. The van der Waals surface area contributed by atoms with Gasteiger partial charge in [0, 0.05) is 48.2 Å². The van der Waals surface area contributed by atoms with Crippen LogP contribution < -0.4 is 16.0 Å². The molecule has 0 saturated heterocycles. The summed E-state index contributed by atoms with van der Waals surface area (Å²) in [5, 5.41) is 9.70. The van der Waals surface area contributed by atoms with Crippen molar-refractivity contribution in [2.75, 3.05) is 20.1 Å². The van der Waals surface area contributed by atoms with E-state index in [-0.39, 0.29) is 23.7 Å². The molecule has 2 atom stereocenters. The molecule has 29 heavy (non-hydrogen) atoms. The normalized spacial score (nSPS) is 18.3. The van der Waals surface area contributed by atoms with E-state index >= 15 is 0 Å². The van der Waals surface area contributed by atoms with E-state index in [4.69, 9.17) is 11.6 Å². The molecule has 0 bridgehead atoms. The van der Waals surface area contributed by atoms with E-state index in [1.54, 1.807) is 25.2 Å². The molecule has 1 aliphatic rings. The van der Waals surface area contributed by atoms with Gasteiger partial charge in [0.25, 0.3) is 5.91 Å². The molecule has 3 N–H and O–H groups in total. The van der Waals surface area contributed by atoms with Gasteiger partial charge in [0.2, 0.25) is 0 Å². The molecule has 0 aliphatic heterocycles. The molecule has 2 aromatic carbocycles. The van der Waals surface area contributed by atoms with Crippen molar-refractivity contribution in [3.8, 4) is 0 Å².